The average Bonchev–Trinajstić information content (AvgIpc) is 3.06. The summed E-state index contributed by atoms with van der Waals surface area (Å²) in [6.45, 7) is 2.11. The third kappa shape index (κ3) is 6.35. The highest BCUT2D eigenvalue weighted by Gasteiger charge is 2.34. The zero-order chi connectivity index (χ0) is 23.1. The van der Waals surface area contributed by atoms with Crippen LogP contribution in [0.4, 0.5) is 4.79 Å². The number of hydrogen-bond donors (Lipinski definition) is 1. The van der Waals surface area contributed by atoms with Crippen molar-refractivity contribution in [2.24, 2.45) is 0 Å². The summed E-state index contributed by atoms with van der Waals surface area (Å²) in [5.74, 6) is 0.00796. The van der Waals surface area contributed by atoms with Gasteiger partial charge in [0.15, 0.2) is 0 Å². The summed E-state index contributed by atoms with van der Waals surface area (Å²) in [5.41, 5.74) is 1.66. The Bertz CT molecular complexity index is 1030. The molecule has 1 atom stereocenters. The molecule has 0 bridgehead atoms. The van der Waals surface area contributed by atoms with Gasteiger partial charge in [0.05, 0.1) is 18.6 Å². The van der Waals surface area contributed by atoms with Crippen molar-refractivity contribution in [2.75, 3.05) is 20.2 Å². The Kier molecular flexibility index (Phi) is 8.33. The zero-order valence-electron chi connectivity index (χ0n) is 17.7. The first-order valence-corrected chi connectivity index (χ1v) is 11.1. The Balaban J connectivity index is 1.46. The number of methoxy groups -OCH3 is 1. The van der Waals surface area contributed by atoms with Gasteiger partial charge in [-0.25, -0.2) is 0 Å². The van der Waals surface area contributed by atoms with Gasteiger partial charge in [0.2, 0.25) is 5.91 Å². The number of hydrogen-bond acceptors (Lipinski definition) is 6. The number of rotatable bonds is 9. The van der Waals surface area contributed by atoms with Gasteiger partial charge in [-0.3, -0.25) is 19.3 Å². The molecule has 3 amide bonds. The monoisotopic (exact) mass is 474 g/mol. The second-order valence-corrected chi connectivity index (χ2v) is 8.41. The Hall–Kier alpha value is -2.81. The van der Waals surface area contributed by atoms with Gasteiger partial charge in [-0.15, -0.1) is 0 Å². The Morgan fingerprint density at radius 2 is 1.97 bits per heavy atom. The number of thioether (sulfide) groups is 1. The summed E-state index contributed by atoms with van der Waals surface area (Å²) < 4.78 is 10.8. The molecule has 0 saturated carbocycles. The van der Waals surface area contributed by atoms with Crippen molar-refractivity contribution in [3.05, 3.63) is 69.6 Å². The predicted molar refractivity (Wildman–Crippen MR) is 124 cm³/mol. The topological polar surface area (TPSA) is 84.9 Å². The van der Waals surface area contributed by atoms with Gasteiger partial charge in [-0.1, -0.05) is 35.9 Å². The quantitative estimate of drug-likeness (QED) is 0.550. The van der Waals surface area contributed by atoms with Crippen molar-refractivity contribution in [1.29, 1.82) is 0 Å². The van der Waals surface area contributed by atoms with Crippen LogP contribution in [-0.4, -0.2) is 48.3 Å². The van der Waals surface area contributed by atoms with Crippen LogP contribution in [0.2, 0.25) is 5.02 Å². The molecule has 0 spiro atoms. The van der Waals surface area contributed by atoms with Crippen LogP contribution in [0.3, 0.4) is 0 Å². The van der Waals surface area contributed by atoms with Crippen molar-refractivity contribution >= 4 is 46.5 Å². The molecule has 0 radical (unpaired) electrons. The van der Waals surface area contributed by atoms with E-state index in [0.717, 1.165) is 27.8 Å². The van der Waals surface area contributed by atoms with Crippen LogP contribution in [-0.2, 0) is 20.9 Å². The number of amides is 3. The fraction of sp³-hybridized carbons (Fsp3) is 0.261. The molecule has 9 heteroatoms. The first-order chi connectivity index (χ1) is 15.4. The van der Waals surface area contributed by atoms with E-state index in [9.17, 15) is 14.4 Å². The van der Waals surface area contributed by atoms with Gasteiger partial charge < -0.3 is 14.8 Å². The molecule has 7 nitrogen and oxygen atoms in total. The smallest absolute Gasteiger partial charge is 0.293 e. The van der Waals surface area contributed by atoms with Crippen molar-refractivity contribution in [3.63, 3.8) is 0 Å². The van der Waals surface area contributed by atoms with Crippen LogP contribution in [0, 0.1) is 0 Å². The highest BCUT2D eigenvalue weighted by atomic mass is 35.5. The largest absolute Gasteiger partial charge is 0.497 e. The fourth-order valence-corrected chi connectivity index (χ4v) is 3.89. The van der Waals surface area contributed by atoms with Gasteiger partial charge in [-0.05, 0) is 60.2 Å². The Labute approximate surface area is 195 Å². The molecule has 2 aromatic carbocycles. The first kappa shape index (κ1) is 23.8. The number of nitrogens with zero attached hydrogens (tertiary/aromatic N) is 1. The molecule has 1 aliphatic rings. The maximum atomic E-state index is 12.6. The molecule has 1 aliphatic heterocycles. The fourth-order valence-electron chi connectivity index (χ4n) is 2.90. The van der Waals surface area contributed by atoms with E-state index in [1.54, 1.807) is 44.4 Å². The number of carbonyl (C=O) groups excluding carboxylic acids is 3. The number of imide groups is 1. The van der Waals surface area contributed by atoms with Gasteiger partial charge in [-0.2, -0.15) is 0 Å². The minimum Gasteiger partial charge on any atom is -0.497 e. The molecular weight excluding hydrogens is 452 g/mol. The summed E-state index contributed by atoms with van der Waals surface area (Å²) in [6.07, 6.45) is 0.954. The zero-order valence-corrected chi connectivity index (χ0v) is 19.2. The molecule has 1 heterocycles. The summed E-state index contributed by atoms with van der Waals surface area (Å²) in [5, 5.41) is 2.92. The highest BCUT2D eigenvalue weighted by Crippen LogP contribution is 2.32. The Morgan fingerprint density at radius 1 is 1.22 bits per heavy atom. The van der Waals surface area contributed by atoms with Crippen LogP contribution in [0.25, 0.3) is 6.08 Å². The normalized spacial score (nSPS) is 15.8. The van der Waals surface area contributed by atoms with E-state index >= 15 is 0 Å². The molecule has 168 valence electrons. The number of ether oxygens (including phenoxy) is 2. The molecule has 1 fully saturated rings. The third-order valence-electron chi connectivity index (χ3n) is 4.68. The lowest BCUT2D eigenvalue weighted by Gasteiger charge is -2.16. The van der Waals surface area contributed by atoms with E-state index < -0.39 is 6.10 Å². The van der Waals surface area contributed by atoms with Crippen molar-refractivity contribution in [2.45, 2.75) is 19.6 Å². The number of halogens is 1. The number of benzene rings is 2. The third-order valence-corrected chi connectivity index (χ3v) is 5.84. The van der Waals surface area contributed by atoms with Crippen LogP contribution >= 0.6 is 23.4 Å². The predicted octanol–water partition coefficient (Wildman–Crippen LogP) is 4.11. The maximum Gasteiger partial charge on any atom is 0.293 e. The molecule has 1 saturated heterocycles. The van der Waals surface area contributed by atoms with E-state index in [2.05, 4.69) is 5.32 Å². The van der Waals surface area contributed by atoms with Gasteiger partial charge in [0.1, 0.15) is 11.9 Å². The van der Waals surface area contributed by atoms with Gasteiger partial charge in [0.25, 0.3) is 11.1 Å². The second-order valence-electron chi connectivity index (χ2n) is 6.98. The lowest BCUT2D eigenvalue weighted by atomic mass is 10.2. The second kappa shape index (κ2) is 11.2. The summed E-state index contributed by atoms with van der Waals surface area (Å²) >= 11 is 6.74. The van der Waals surface area contributed by atoms with Crippen LogP contribution in [0.15, 0.2) is 53.4 Å². The lowest BCUT2D eigenvalue weighted by Crippen LogP contribution is -2.41. The van der Waals surface area contributed by atoms with Crippen molar-refractivity contribution < 1.29 is 23.9 Å². The van der Waals surface area contributed by atoms with E-state index in [-0.39, 0.29) is 36.7 Å². The first-order valence-electron chi connectivity index (χ1n) is 9.90. The Morgan fingerprint density at radius 3 is 2.69 bits per heavy atom. The average molecular weight is 475 g/mol. The molecular formula is C23H23ClN2O5S. The van der Waals surface area contributed by atoms with Crippen LogP contribution < -0.4 is 10.1 Å². The van der Waals surface area contributed by atoms with E-state index in [1.165, 1.54) is 0 Å². The van der Waals surface area contributed by atoms with E-state index in [1.807, 2.05) is 24.3 Å². The summed E-state index contributed by atoms with van der Waals surface area (Å²) in [6, 6.07) is 14.4. The van der Waals surface area contributed by atoms with Crippen LogP contribution in [0.5, 0.6) is 5.75 Å². The lowest BCUT2D eigenvalue weighted by molar-refractivity contribution is -0.132. The van der Waals surface area contributed by atoms with Gasteiger partial charge in [0, 0.05) is 18.1 Å². The standard InChI is InChI=1S/C23H23ClN2O5S/c1-15(31-14-17-4-3-5-19(12-17)30-2)21(27)25-10-11-26-22(28)20(32-23(26)29)13-16-6-8-18(24)9-7-16/h3-9,12-13,15H,10-11,14H2,1-2H3,(H,25,27)/b20-13-. The minimum absolute atomic E-state index is 0.0803. The molecule has 32 heavy (non-hydrogen) atoms. The summed E-state index contributed by atoms with van der Waals surface area (Å²) in [7, 11) is 1.58. The minimum atomic E-state index is -0.694. The molecule has 1 N–H and O–H groups in total. The summed E-state index contributed by atoms with van der Waals surface area (Å²) in [4.78, 5) is 38.5. The molecule has 0 aromatic heterocycles. The molecule has 2 aromatic rings. The van der Waals surface area contributed by atoms with E-state index in [0.29, 0.717) is 15.7 Å². The molecule has 0 aliphatic carbocycles. The molecule has 1 unspecified atom stereocenters. The van der Waals surface area contributed by atoms with Crippen molar-refractivity contribution in [1.82, 2.24) is 10.2 Å². The van der Waals surface area contributed by atoms with Gasteiger partial charge >= 0.3 is 0 Å². The highest BCUT2D eigenvalue weighted by molar-refractivity contribution is 8.18. The maximum absolute atomic E-state index is 12.6. The molecule has 3 rings (SSSR count). The number of nitrogens with one attached hydrogen (secondary N) is 1. The SMILES string of the molecule is COc1cccc(COC(C)C(=O)NCCN2C(=O)S/C(=C\c3ccc(Cl)cc3)C2=O)c1. The van der Waals surface area contributed by atoms with E-state index in [4.69, 9.17) is 21.1 Å². The van der Waals surface area contributed by atoms with Crippen molar-refractivity contribution in [3.8, 4) is 5.75 Å². The van der Waals surface area contributed by atoms with Crippen LogP contribution in [0.1, 0.15) is 18.1 Å². The number of carbonyl (C=O) groups is 3.